The van der Waals surface area contributed by atoms with Gasteiger partial charge in [-0.05, 0) is 12.8 Å². The number of carbonyl (C=O) groups is 1. The van der Waals surface area contributed by atoms with Crippen LogP contribution >= 0.6 is 0 Å². The third kappa shape index (κ3) is 3.23. The van der Waals surface area contributed by atoms with E-state index >= 15 is 0 Å². The number of aliphatic hydroxyl groups is 1. The number of hydrogen-bond acceptors (Lipinski definition) is 3. The van der Waals surface area contributed by atoms with Crippen LogP contribution in [0, 0.1) is 5.92 Å². The second-order valence-electron chi connectivity index (χ2n) is 3.72. The average Bonchev–Trinajstić information content (AvgIpc) is 2.10. The normalized spacial score (nSPS) is 29.0. The lowest BCUT2D eigenvalue weighted by Gasteiger charge is -2.34. The highest BCUT2D eigenvalue weighted by atomic mass is 19.1. The second-order valence-corrected chi connectivity index (χ2v) is 3.72. The van der Waals surface area contributed by atoms with Gasteiger partial charge in [-0.1, -0.05) is 0 Å². The third-order valence-corrected chi connectivity index (χ3v) is 2.62. The fourth-order valence-corrected chi connectivity index (χ4v) is 1.85. The molecular formula is C9H16FNO3. The van der Waals surface area contributed by atoms with Crippen LogP contribution in [0.5, 0.6) is 0 Å². The van der Waals surface area contributed by atoms with Crippen molar-refractivity contribution < 1.29 is 19.4 Å². The molecule has 5 heteroatoms. The van der Waals surface area contributed by atoms with Gasteiger partial charge in [0.15, 0.2) is 0 Å². The van der Waals surface area contributed by atoms with Crippen LogP contribution in [0.4, 0.5) is 4.39 Å². The number of rotatable bonds is 4. The van der Waals surface area contributed by atoms with E-state index in [-0.39, 0.29) is 12.5 Å². The van der Waals surface area contributed by atoms with E-state index < -0.39 is 18.7 Å². The Bertz CT molecular complexity index is 200. The van der Waals surface area contributed by atoms with Gasteiger partial charge in [0, 0.05) is 19.0 Å². The summed E-state index contributed by atoms with van der Waals surface area (Å²) < 4.78 is 12.1. The Kier molecular flexibility index (Phi) is 4.28. The van der Waals surface area contributed by atoms with Gasteiger partial charge in [0.2, 0.25) is 0 Å². The van der Waals surface area contributed by atoms with Gasteiger partial charge < -0.3 is 10.2 Å². The topological polar surface area (TPSA) is 60.8 Å². The van der Waals surface area contributed by atoms with E-state index in [9.17, 15) is 14.3 Å². The van der Waals surface area contributed by atoms with E-state index in [1.54, 1.807) is 4.90 Å². The largest absolute Gasteiger partial charge is 0.480 e. The van der Waals surface area contributed by atoms with Crippen molar-refractivity contribution in [2.24, 2.45) is 5.92 Å². The number of alkyl halides is 1. The van der Waals surface area contributed by atoms with Crippen molar-refractivity contribution in [3.05, 3.63) is 0 Å². The average molecular weight is 205 g/mol. The van der Waals surface area contributed by atoms with Crippen LogP contribution in [0.2, 0.25) is 0 Å². The summed E-state index contributed by atoms with van der Waals surface area (Å²) in [5.74, 6) is -0.992. The Morgan fingerprint density at radius 3 is 2.86 bits per heavy atom. The quantitative estimate of drug-likeness (QED) is 0.684. The molecule has 0 aromatic rings. The molecule has 0 radical (unpaired) electrons. The van der Waals surface area contributed by atoms with Crippen molar-refractivity contribution in [1.29, 1.82) is 0 Å². The summed E-state index contributed by atoms with van der Waals surface area (Å²) in [6, 6.07) is 0. The van der Waals surface area contributed by atoms with Crippen molar-refractivity contribution in [3.63, 3.8) is 0 Å². The summed E-state index contributed by atoms with van der Waals surface area (Å²) in [6.45, 7) is 0.589. The lowest BCUT2D eigenvalue weighted by Crippen LogP contribution is -2.45. The molecule has 2 atom stereocenters. The zero-order chi connectivity index (χ0) is 10.6. The number of carboxylic acid groups (broad SMARTS) is 1. The lowest BCUT2D eigenvalue weighted by molar-refractivity contribution is -0.139. The monoisotopic (exact) mass is 205 g/mol. The molecule has 82 valence electrons. The van der Waals surface area contributed by atoms with Gasteiger partial charge in [0.05, 0.1) is 19.3 Å². The zero-order valence-corrected chi connectivity index (χ0v) is 8.03. The van der Waals surface area contributed by atoms with Gasteiger partial charge in [-0.15, -0.1) is 0 Å². The molecule has 0 saturated carbocycles. The Hall–Kier alpha value is -0.680. The number of aliphatic carboxylic acids is 1. The van der Waals surface area contributed by atoms with Gasteiger partial charge in [-0.25, -0.2) is 0 Å². The highest BCUT2D eigenvalue weighted by molar-refractivity contribution is 5.69. The number of carboxylic acids is 1. The predicted octanol–water partition coefficient (Wildman–Crippen LogP) is 0.113. The smallest absolute Gasteiger partial charge is 0.317 e. The lowest BCUT2D eigenvalue weighted by atomic mass is 9.92. The summed E-state index contributed by atoms with van der Waals surface area (Å²) in [7, 11) is 0. The molecule has 0 aliphatic carbocycles. The molecule has 1 aliphatic heterocycles. The molecule has 2 N–H and O–H groups in total. The van der Waals surface area contributed by atoms with E-state index in [1.165, 1.54) is 0 Å². The molecular weight excluding hydrogens is 189 g/mol. The Balaban J connectivity index is 2.40. The maximum Gasteiger partial charge on any atom is 0.317 e. The molecule has 1 heterocycles. The van der Waals surface area contributed by atoms with Crippen molar-refractivity contribution in [2.75, 3.05) is 26.3 Å². The van der Waals surface area contributed by atoms with E-state index in [0.717, 1.165) is 0 Å². The van der Waals surface area contributed by atoms with Crippen molar-refractivity contribution in [1.82, 2.24) is 4.90 Å². The SMILES string of the molecule is O=C(O)CN1CCC(O)C(CCF)C1. The summed E-state index contributed by atoms with van der Waals surface area (Å²) in [5.41, 5.74) is 0. The number of likely N-dealkylation sites (tertiary alicyclic amines) is 1. The molecule has 1 aliphatic rings. The minimum Gasteiger partial charge on any atom is -0.480 e. The Morgan fingerprint density at radius 1 is 1.57 bits per heavy atom. The summed E-state index contributed by atoms with van der Waals surface area (Å²) in [4.78, 5) is 12.2. The predicted molar refractivity (Wildman–Crippen MR) is 48.8 cm³/mol. The number of halogens is 1. The summed E-state index contributed by atoms with van der Waals surface area (Å²) in [6.07, 6.45) is 0.380. The van der Waals surface area contributed by atoms with Crippen LogP contribution in [0.15, 0.2) is 0 Å². The van der Waals surface area contributed by atoms with Crippen LogP contribution in [0.25, 0.3) is 0 Å². The molecule has 2 unspecified atom stereocenters. The summed E-state index contributed by atoms with van der Waals surface area (Å²) in [5, 5.41) is 18.1. The fourth-order valence-electron chi connectivity index (χ4n) is 1.85. The maximum absolute atomic E-state index is 12.1. The number of aliphatic hydroxyl groups excluding tert-OH is 1. The zero-order valence-electron chi connectivity index (χ0n) is 8.03. The molecule has 0 aromatic heterocycles. The first-order valence-corrected chi connectivity index (χ1v) is 4.81. The van der Waals surface area contributed by atoms with Crippen LogP contribution < -0.4 is 0 Å². The first kappa shape index (κ1) is 11.4. The highest BCUT2D eigenvalue weighted by Gasteiger charge is 2.28. The van der Waals surface area contributed by atoms with E-state index in [2.05, 4.69) is 0 Å². The molecule has 0 amide bonds. The highest BCUT2D eigenvalue weighted by Crippen LogP contribution is 2.20. The van der Waals surface area contributed by atoms with Crippen molar-refractivity contribution >= 4 is 5.97 Å². The fraction of sp³-hybridized carbons (Fsp3) is 0.889. The molecule has 14 heavy (non-hydrogen) atoms. The number of hydrogen-bond donors (Lipinski definition) is 2. The first-order valence-electron chi connectivity index (χ1n) is 4.81. The maximum atomic E-state index is 12.1. The van der Waals surface area contributed by atoms with Gasteiger partial charge in [0.25, 0.3) is 0 Å². The number of piperidine rings is 1. The Morgan fingerprint density at radius 2 is 2.29 bits per heavy atom. The van der Waals surface area contributed by atoms with Crippen molar-refractivity contribution in [3.8, 4) is 0 Å². The second kappa shape index (κ2) is 5.26. The minimum absolute atomic E-state index is 0.0183. The molecule has 0 bridgehead atoms. The van der Waals surface area contributed by atoms with Gasteiger partial charge in [0.1, 0.15) is 0 Å². The standard InChI is InChI=1S/C9H16FNO3/c10-3-1-7-5-11(6-9(13)14)4-2-8(7)12/h7-8,12H,1-6H2,(H,13,14). The Labute approximate surface area is 82.3 Å². The molecule has 0 spiro atoms. The van der Waals surface area contributed by atoms with Crippen LogP contribution in [-0.4, -0.2) is 53.5 Å². The molecule has 1 rings (SSSR count). The first-order chi connectivity index (χ1) is 6.63. The van der Waals surface area contributed by atoms with Gasteiger partial charge in [-0.3, -0.25) is 14.1 Å². The van der Waals surface area contributed by atoms with Crippen LogP contribution in [0.3, 0.4) is 0 Å². The van der Waals surface area contributed by atoms with Crippen LogP contribution in [-0.2, 0) is 4.79 Å². The van der Waals surface area contributed by atoms with Crippen LogP contribution in [0.1, 0.15) is 12.8 Å². The number of nitrogens with zero attached hydrogens (tertiary/aromatic N) is 1. The van der Waals surface area contributed by atoms with Crippen molar-refractivity contribution in [2.45, 2.75) is 18.9 Å². The molecule has 0 aromatic carbocycles. The molecule has 1 saturated heterocycles. The third-order valence-electron chi connectivity index (χ3n) is 2.62. The van der Waals surface area contributed by atoms with E-state index in [1.807, 2.05) is 0 Å². The minimum atomic E-state index is -0.875. The van der Waals surface area contributed by atoms with E-state index in [4.69, 9.17) is 5.11 Å². The van der Waals surface area contributed by atoms with Gasteiger partial charge in [-0.2, -0.15) is 0 Å². The van der Waals surface area contributed by atoms with Gasteiger partial charge >= 0.3 is 5.97 Å². The summed E-state index contributed by atoms with van der Waals surface area (Å²) >= 11 is 0. The van der Waals surface area contributed by atoms with E-state index in [0.29, 0.717) is 25.9 Å². The molecule has 4 nitrogen and oxygen atoms in total. The molecule has 1 fully saturated rings.